The zero-order chi connectivity index (χ0) is 17.8. The molecule has 0 aliphatic rings. The molecular weight excluding hydrogens is 376 g/mol. The van der Waals surface area contributed by atoms with Crippen LogP contribution in [0.1, 0.15) is 5.56 Å². The summed E-state index contributed by atoms with van der Waals surface area (Å²) in [5.74, 6) is -0.417. The van der Waals surface area contributed by atoms with Crippen LogP contribution in [0.4, 0.5) is 5.13 Å². The summed E-state index contributed by atoms with van der Waals surface area (Å²) < 4.78 is 12.3. The van der Waals surface area contributed by atoms with E-state index in [0.717, 1.165) is 16.8 Å². The monoisotopic (exact) mass is 390 g/mol. The topological polar surface area (TPSA) is 59.1 Å². The fourth-order valence-electron chi connectivity index (χ4n) is 2.25. The molecule has 0 aliphatic heterocycles. The first-order valence-corrected chi connectivity index (χ1v) is 10.1. The molecule has 3 aromatic rings. The van der Waals surface area contributed by atoms with Crippen molar-refractivity contribution in [1.29, 1.82) is 0 Å². The Morgan fingerprint density at radius 2 is 1.92 bits per heavy atom. The lowest BCUT2D eigenvalue weighted by Crippen LogP contribution is -2.19. The second-order valence-corrected chi connectivity index (χ2v) is 8.06. The van der Waals surface area contributed by atoms with Gasteiger partial charge in [0.2, 0.25) is 5.91 Å². The molecule has 1 amide bonds. The van der Waals surface area contributed by atoms with Crippen LogP contribution < -0.4 is 5.32 Å². The third-order valence-corrected chi connectivity index (χ3v) is 5.97. The molecule has 1 atom stereocenters. The first-order valence-electron chi connectivity index (χ1n) is 7.48. The van der Waals surface area contributed by atoms with Gasteiger partial charge in [0.25, 0.3) is 0 Å². The highest BCUT2D eigenvalue weighted by molar-refractivity contribution is 7.85. The zero-order valence-corrected chi connectivity index (χ0v) is 15.8. The van der Waals surface area contributed by atoms with Crippen molar-refractivity contribution in [2.75, 3.05) is 11.1 Å². The van der Waals surface area contributed by atoms with Crippen LogP contribution in [0.3, 0.4) is 0 Å². The lowest BCUT2D eigenvalue weighted by Gasteiger charge is -2.05. The molecule has 1 aromatic heterocycles. The average molecular weight is 391 g/mol. The van der Waals surface area contributed by atoms with Crippen LogP contribution in [0.2, 0.25) is 5.02 Å². The first-order chi connectivity index (χ1) is 12.0. The number of halogens is 1. The summed E-state index contributed by atoms with van der Waals surface area (Å²) in [6, 6.07) is 14.7. The van der Waals surface area contributed by atoms with Crippen LogP contribution in [0.5, 0.6) is 0 Å². The third kappa shape index (κ3) is 4.54. The summed E-state index contributed by atoms with van der Waals surface area (Å²) in [5, 5.41) is 5.71. The van der Waals surface area contributed by atoms with E-state index in [9.17, 15) is 9.00 Å². The Labute approximate surface area is 157 Å². The number of aromatic nitrogens is 1. The van der Waals surface area contributed by atoms with Crippen LogP contribution in [-0.2, 0) is 15.6 Å². The van der Waals surface area contributed by atoms with E-state index in [1.807, 2.05) is 42.6 Å². The van der Waals surface area contributed by atoms with Crippen LogP contribution in [0.15, 0.2) is 58.8 Å². The average Bonchev–Trinajstić information content (AvgIpc) is 3.04. The molecule has 0 bridgehead atoms. The second kappa shape index (κ2) is 7.91. The number of anilines is 1. The maximum absolute atomic E-state index is 12.3. The summed E-state index contributed by atoms with van der Waals surface area (Å²) in [6.07, 6.45) is 0. The Kier molecular flexibility index (Phi) is 5.63. The summed E-state index contributed by atoms with van der Waals surface area (Å²) >= 11 is 7.21. The Morgan fingerprint density at radius 3 is 2.64 bits per heavy atom. The molecule has 3 rings (SSSR count). The molecule has 0 saturated heterocycles. The predicted octanol–water partition coefficient (Wildman–Crippen LogP) is 4.52. The molecule has 0 aliphatic carbocycles. The van der Waals surface area contributed by atoms with Crippen molar-refractivity contribution < 1.29 is 9.00 Å². The van der Waals surface area contributed by atoms with Crippen molar-refractivity contribution in [2.24, 2.45) is 0 Å². The lowest BCUT2D eigenvalue weighted by molar-refractivity contribution is -0.113. The largest absolute Gasteiger partial charge is 0.301 e. The molecule has 0 unspecified atom stereocenters. The van der Waals surface area contributed by atoms with Gasteiger partial charge in [-0.2, -0.15) is 0 Å². The fraction of sp³-hybridized carbons (Fsp3) is 0.111. The Balaban J connectivity index is 1.65. The van der Waals surface area contributed by atoms with Crippen molar-refractivity contribution in [3.05, 3.63) is 64.5 Å². The second-order valence-electron chi connectivity index (χ2n) is 5.35. The Bertz CT molecular complexity index is 923. The van der Waals surface area contributed by atoms with E-state index in [1.54, 1.807) is 18.2 Å². The summed E-state index contributed by atoms with van der Waals surface area (Å²) in [4.78, 5) is 17.2. The Morgan fingerprint density at radius 1 is 1.20 bits per heavy atom. The predicted molar refractivity (Wildman–Crippen MR) is 104 cm³/mol. The van der Waals surface area contributed by atoms with Crippen LogP contribution in [-0.4, -0.2) is 20.9 Å². The normalized spacial score (nSPS) is 11.9. The zero-order valence-electron chi connectivity index (χ0n) is 13.4. The summed E-state index contributed by atoms with van der Waals surface area (Å²) in [6.45, 7) is 1.88. The van der Waals surface area contributed by atoms with E-state index in [2.05, 4.69) is 10.3 Å². The van der Waals surface area contributed by atoms with Crippen molar-refractivity contribution in [2.45, 2.75) is 11.8 Å². The van der Waals surface area contributed by atoms with Crippen LogP contribution in [0, 0.1) is 6.92 Å². The smallest absolute Gasteiger partial charge is 0.239 e. The standard InChI is InChI=1S/C18H15ClN2O2S2/c1-12-4-2-3-5-16(12)25(23)11-17(22)21-18-20-15(10-24-18)13-6-8-14(19)9-7-13/h2-10H,11H2,1H3,(H,20,21,22)/t25-/m0/s1. The molecule has 1 N–H and O–H groups in total. The van der Waals surface area contributed by atoms with Crippen molar-refractivity contribution >= 4 is 44.8 Å². The molecule has 25 heavy (non-hydrogen) atoms. The number of aryl methyl sites for hydroxylation is 1. The quantitative estimate of drug-likeness (QED) is 0.696. The van der Waals surface area contributed by atoms with Gasteiger partial charge in [-0.25, -0.2) is 4.98 Å². The van der Waals surface area contributed by atoms with E-state index in [1.165, 1.54) is 11.3 Å². The van der Waals surface area contributed by atoms with Gasteiger partial charge in [-0.05, 0) is 30.7 Å². The molecular formula is C18H15ClN2O2S2. The van der Waals surface area contributed by atoms with Gasteiger partial charge in [0.15, 0.2) is 5.13 Å². The minimum Gasteiger partial charge on any atom is -0.301 e. The highest BCUT2D eigenvalue weighted by Gasteiger charge is 2.14. The molecule has 2 aromatic carbocycles. The van der Waals surface area contributed by atoms with E-state index in [4.69, 9.17) is 11.6 Å². The summed E-state index contributed by atoms with van der Waals surface area (Å²) in [5.41, 5.74) is 2.59. The first kappa shape index (κ1) is 17.8. The number of thiazole rings is 1. The van der Waals surface area contributed by atoms with Gasteiger partial charge in [0.05, 0.1) is 16.5 Å². The van der Waals surface area contributed by atoms with Crippen molar-refractivity contribution in [3.8, 4) is 11.3 Å². The fourth-order valence-corrected chi connectivity index (χ4v) is 4.23. The Hall–Kier alpha value is -2.02. The number of benzene rings is 2. The molecule has 0 radical (unpaired) electrons. The summed E-state index contributed by atoms with van der Waals surface area (Å²) in [7, 11) is -1.38. The molecule has 7 heteroatoms. The highest BCUT2D eigenvalue weighted by Crippen LogP contribution is 2.26. The van der Waals surface area contributed by atoms with Gasteiger partial charge in [0, 0.05) is 20.9 Å². The third-order valence-electron chi connectivity index (χ3n) is 3.49. The number of hydrogen-bond acceptors (Lipinski definition) is 4. The van der Waals surface area contributed by atoms with Crippen LogP contribution >= 0.6 is 22.9 Å². The van der Waals surface area contributed by atoms with Gasteiger partial charge >= 0.3 is 0 Å². The molecule has 0 saturated carbocycles. The van der Waals surface area contributed by atoms with Gasteiger partial charge in [-0.15, -0.1) is 11.3 Å². The molecule has 128 valence electrons. The maximum Gasteiger partial charge on any atom is 0.239 e. The minimum absolute atomic E-state index is 0.0965. The molecule has 1 heterocycles. The number of carbonyl (C=O) groups excluding carboxylic acids is 1. The van der Waals surface area contributed by atoms with Crippen molar-refractivity contribution in [1.82, 2.24) is 4.98 Å². The SMILES string of the molecule is Cc1ccccc1[S@@](=O)CC(=O)Nc1nc(-c2ccc(Cl)cc2)cs1. The highest BCUT2D eigenvalue weighted by atomic mass is 35.5. The van der Waals surface area contributed by atoms with E-state index >= 15 is 0 Å². The number of rotatable bonds is 5. The van der Waals surface area contributed by atoms with Crippen molar-refractivity contribution in [3.63, 3.8) is 0 Å². The number of carbonyl (C=O) groups is 1. The van der Waals surface area contributed by atoms with E-state index in [0.29, 0.717) is 15.0 Å². The van der Waals surface area contributed by atoms with E-state index in [-0.39, 0.29) is 11.7 Å². The number of hydrogen-bond donors (Lipinski definition) is 1. The van der Waals surface area contributed by atoms with Gasteiger partial charge in [-0.3, -0.25) is 9.00 Å². The van der Waals surface area contributed by atoms with Gasteiger partial charge < -0.3 is 5.32 Å². The van der Waals surface area contributed by atoms with Gasteiger partial charge in [0.1, 0.15) is 5.75 Å². The van der Waals surface area contributed by atoms with Gasteiger partial charge in [-0.1, -0.05) is 41.9 Å². The number of nitrogens with zero attached hydrogens (tertiary/aromatic N) is 1. The maximum atomic E-state index is 12.3. The number of amides is 1. The molecule has 0 spiro atoms. The number of nitrogens with one attached hydrogen (secondary N) is 1. The van der Waals surface area contributed by atoms with E-state index < -0.39 is 10.8 Å². The minimum atomic E-state index is -1.38. The van der Waals surface area contributed by atoms with Crippen LogP contribution in [0.25, 0.3) is 11.3 Å². The molecule has 0 fully saturated rings. The molecule has 4 nitrogen and oxygen atoms in total. The lowest BCUT2D eigenvalue weighted by atomic mass is 10.2.